The molecule has 5 nitrogen and oxygen atoms in total. The Balaban J connectivity index is 1.77. The molecular weight excluding hydrogens is 358 g/mol. The van der Waals surface area contributed by atoms with E-state index in [9.17, 15) is 4.79 Å². The first-order valence-electron chi connectivity index (χ1n) is 7.57. The number of hydrogen-bond acceptors (Lipinski definition) is 5. The highest BCUT2D eigenvalue weighted by molar-refractivity contribution is 7.98. The van der Waals surface area contributed by atoms with E-state index < -0.39 is 5.97 Å². The van der Waals surface area contributed by atoms with Crippen molar-refractivity contribution in [1.82, 2.24) is 15.0 Å². The van der Waals surface area contributed by atoms with Crippen LogP contribution in [0.1, 0.15) is 21.7 Å². The van der Waals surface area contributed by atoms with Gasteiger partial charge in [0.25, 0.3) is 0 Å². The number of rotatable bonds is 5. The minimum atomic E-state index is -0.509. The number of carbonyl (C=O) groups is 1. The molecule has 0 bridgehead atoms. The van der Waals surface area contributed by atoms with Gasteiger partial charge in [0.05, 0.1) is 11.4 Å². The highest BCUT2D eigenvalue weighted by Crippen LogP contribution is 2.20. The number of ether oxygens (including phenoxy) is 1. The van der Waals surface area contributed by atoms with E-state index in [1.807, 2.05) is 42.7 Å². The molecule has 0 aliphatic carbocycles. The maximum absolute atomic E-state index is 12.3. The van der Waals surface area contributed by atoms with Crippen molar-refractivity contribution in [3.05, 3.63) is 70.5 Å². The average molecular weight is 374 g/mol. The van der Waals surface area contributed by atoms with Gasteiger partial charge in [0.15, 0.2) is 5.69 Å². The fourth-order valence-corrected chi connectivity index (χ4v) is 3.02. The summed E-state index contributed by atoms with van der Waals surface area (Å²) >= 11 is 7.57. The average Bonchev–Trinajstić information content (AvgIpc) is 3.01. The van der Waals surface area contributed by atoms with Crippen LogP contribution in [0.2, 0.25) is 5.02 Å². The van der Waals surface area contributed by atoms with Crippen LogP contribution in [0.4, 0.5) is 0 Å². The molecule has 0 spiro atoms. The van der Waals surface area contributed by atoms with Gasteiger partial charge in [-0.3, -0.25) is 0 Å². The lowest BCUT2D eigenvalue weighted by atomic mass is 10.2. The van der Waals surface area contributed by atoms with E-state index in [0.717, 1.165) is 16.1 Å². The van der Waals surface area contributed by atoms with Crippen molar-refractivity contribution in [3.63, 3.8) is 0 Å². The summed E-state index contributed by atoms with van der Waals surface area (Å²) in [5.74, 6) is -0.509. The van der Waals surface area contributed by atoms with Crippen LogP contribution in [0.3, 0.4) is 0 Å². The van der Waals surface area contributed by atoms with E-state index in [1.54, 1.807) is 35.5 Å². The van der Waals surface area contributed by atoms with Gasteiger partial charge in [0.2, 0.25) is 0 Å². The lowest BCUT2D eigenvalue weighted by Crippen LogP contribution is -2.08. The van der Waals surface area contributed by atoms with Crippen LogP contribution in [0, 0.1) is 6.92 Å². The molecule has 0 radical (unpaired) electrons. The molecule has 0 amide bonds. The zero-order chi connectivity index (χ0) is 17.8. The minimum Gasteiger partial charge on any atom is -0.456 e. The predicted molar refractivity (Wildman–Crippen MR) is 98.4 cm³/mol. The molecule has 2 aromatic carbocycles. The van der Waals surface area contributed by atoms with E-state index in [0.29, 0.717) is 10.7 Å². The number of esters is 1. The Kier molecular flexibility index (Phi) is 5.40. The number of thioether (sulfide) groups is 1. The summed E-state index contributed by atoms with van der Waals surface area (Å²) in [5.41, 5.74) is 2.51. The third-order valence-corrected chi connectivity index (χ3v) is 4.61. The molecule has 0 N–H and O–H groups in total. The lowest BCUT2D eigenvalue weighted by Gasteiger charge is -2.06. The van der Waals surface area contributed by atoms with Crippen molar-refractivity contribution in [2.24, 2.45) is 0 Å². The molecule has 3 rings (SSSR count). The lowest BCUT2D eigenvalue weighted by molar-refractivity contribution is 0.0464. The zero-order valence-corrected chi connectivity index (χ0v) is 15.3. The highest BCUT2D eigenvalue weighted by atomic mass is 35.5. The summed E-state index contributed by atoms with van der Waals surface area (Å²) in [6.45, 7) is 1.93. The Morgan fingerprint density at radius 2 is 2.04 bits per heavy atom. The molecule has 0 unspecified atom stereocenters. The molecular formula is C18H16ClN3O2S. The first kappa shape index (κ1) is 17.5. The van der Waals surface area contributed by atoms with Crippen LogP contribution in [0.5, 0.6) is 0 Å². The quantitative estimate of drug-likeness (QED) is 0.492. The van der Waals surface area contributed by atoms with Crippen LogP contribution >= 0.6 is 23.4 Å². The summed E-state index contributed by atoms with van der Waals surface area (Å²) in [6, 6.07) is 15.1. The first-order chi connectivity index (χ1) is 12.1. The van der Waals surface area contributed by atoms with Crippen LogP contribution < -0.4 is 0 Å². The monoisotopic (exact) mass is 373 g/mol. The van der Waals surface area contributed by atoms with Gasteiger partial charge in [-0.2, -0.15) is 0 Å². The third kappa shape index (κ3) is 4.03. The second-order valence-electron chi connectivity index (χ2n) is 5.34. The molecule has 0 aliphatic heterocycles. The van der Waals surface area contributed by atoms with Crippen molar-refractivity contribution in [3.8, 4) is 5.69 Å². The number of nitrogens with zero attached hydrogens (tertiary/aromatic N) is 3. The van der Waals surface area contributed by atoms with Gasteiger partial charge < -0.3 is 4.74 Å². The van der Waals surface area contributed by atoms with E-state index in [1.165, 1.54) is 0 Å². The van der Waals surface area contributed by atoms with Gasteiger partial charge in [-0.25, -0.2) is 9.48 Å². The summed E-state index contributed by atoms with van der Waals surface area (Å²) in [7, 11) is 0. The van der Waals surface area contributed by atoms with Crippen molar-refractivity contribution in [2.45, 2.75) is 18.4 Å². The molecule has 25 heavy (non-hydrogen) atoms. The normalized spacial score (nSPS) is 10.7. The largest absolute Gasteiger partial charge is 0.456 e. The van der Waals surface area contributed by atoms with E-state index in [2.05, 4.69) is 10.3 Å². The fourth-order valence-electron chi connectivity index (χ4n) is 2.35. The molecule has 0 fully saturated rings. The van der Waals surface area contributed by atoms with E-state index in [-0.39, 0.29) is 12.3 Å². The maximum atomic E-state index is 12.3. The Morgan fingerprint density at radius 1 is 1.24 bits per heavy atom. The number of hydrogen-bond donors (Lipinski definition) is 0. The van der Waals surface area contributed by atoms with Gasteiger partial charge in [-0.15, -0.1) is 16.9 Å². The smallest absolute Gasteiger partial charge is 0.361 e. The molecule has 7 heteroatoms. The Hall–Kier alpha value is -2.31. The van der Waals surface area contributed by atoms with Crippen LogP contribution in [0.25, 0.3) is 5.69 Å². The Morgan fingerprint density at radius 3 is 2.80 bits per heavy atom. The zero-order valence-electron chi connectivity index (χ0n) is 13.8. The highest BCUT2D eigenvalue weighted by Gasteiger charge is 2.19. The molecule has 1 heterocycles. The fraction of sp³-hybridized carbons (Fsp3) is 0.167. The van der Waals surface area contributed by atoms with Crippen LogP contribution in [-0.4, -0.2) is 27.2 Å². The van der Waals surface area contributed by atoms with Crippen molar-refractivity contribution in [2.75, 3.05) is 6.26 Å². The number of benzene rings is 2. The summed E-state index contributed by atoms with van der Waals surface area (Å²) < 4.78 is 6.96. The Labute approximate surface area is 155 Å². The van der Waals surface area contributed by atoms with E-state index >= 15 is 0 Å². The van der Waals surface area contributed by atoms with Crippen molar-refractivity contribution < 1.29 is 9.53 Å². The minimum absolute atomic E-state index is 0.133. The molecule has 0 saturated heterocycles. The van der Waals surface area contributed by atoms with Crippen molar-refractivity contribution in [1.29, 1.82) is 0 Å². The summed E-state index contributed by atoms with van der Waals surface area (Å²) in [4.78, 5) is 13.4. The van der Waals surface area contributed by atoms with Gasteiger partial charge >= 0.3 is 5.97 Å². The first-order valence-corrected chi connectivity index (χ1v) is 9.17. The number of halogens is 1. The Bertz CT molecular complexity index is 911. The topological polar surface area (TPSA) is 57.0 Å². The van der Waals surface area contributed by atoms with Gasteiger partial charge in [0, 0.05) is 9.92 Å². The molecule has 0 saturated carbocycles. The summed E-state index contributed by atoms with van der Waals surface area (Å²) in [5, 5.41) is 8.67. The third-order valence-electron chi connectivity index (χ3n) is 3.64. The molecule has 0 aliphatic rings. The molecule has 0 atom stereocenters. The predicted octanol–water partition coefficient (Wildman–Crippen LogP) is 4.31. The SMILES string of the molecule is CSc1cccc(-n2nnc(C(=O)OCc3cccc(Cl)c3)c2C)c1. The number of aromatic nitrogens is 3. The molecule has 128 valence electrons. The van der Waals surface area contributed by atoms with E-state index in [4.69, 9.17) is 16.3 Å². The van der Waals surface area contributed by atoms with Crippen molar-refractivity contribution >= 4 is 29.3 Å². The number of carbonyl (C=O) groups excluding carboxylic acids is 1. The van der Waals surface area contributed by atoms with Crippen LogP contribution in [0.15, 0.2) is 53.4 Å². The second kappa shape index (κ2) is 7.72. The molecule has 3 aromatic rings. The standard InChI is InChI=1S/C18H16ClN3O2S/c1-12-17(18(23)24-11-13-5-3-6-14(19)9-13)20-21-22(12)15-7-4-8-16(10-15)25-2/h3-10H,11H2,1-2H3. The molecule has 1 aromatic heterocycles. The maximum Gasteiger partial charge on any atom is 0.361 e. The summed E-state index contributed by atoms with van der Waals surface area (Å²) in [6.07, 6.45) is 2.01. The second-order valence-corrected chi connectivity index (χ2v) is 6.66. The van der Waals surface area contributed by atoms with Gasteiger partial charge in [0.1, 0.15) is 6.61 Å². The van der Waals surface area contributed by atoms with Gasteiger partial charge in [-0.1, -0.05) is 35.0 Å². The van der Waals surface area contributed by atoms with Gasteiger partial charge in [-0.05, 0) is 49.1 Å². The van der Waals surface area contributed by atoms with Crippen LogP contribution in [-0.2, 0) is 11.3 Å².